The van der Waals surface area contributed by atoms with E-state index in [2.05, 4.69) is 215 Å². The van der Waals surface area contributed by atoms with E-state index in [9.17, 15) is 0 Å². The van der Waals surface area contributed by atoms with Crippen LogP contribution in [0.5, 0.6) is 0 Å². The number of thiophene rings is 1. The minimum Gasteiger partial charge on any atom is -0.309 e. The molecule has 266 valence electrons. The van der Waals surface area contributed by atoms with E-state index in [1.807, 2.05) is 11.3 Å². The molecule has 0 aliphatic carbocycles. The third-order valence-electron chi connectivity index (χ3n) is 11.7. The molecule has 0 radical (unpaired) electrons. The van der Waals surface area contributed by atoms with Crippen LogP contribution in [-0.2, 0) is 0 Å². The smallest absolute Gasteiger partial charge is 0.0555 e. The Labute approximate surface area is 333 Å². The summed E-state index contributed by atoms with van der Waals surface area (Å²) in [6.07, 6.45) is 0. The molecule has 12 aromatic rings. The van der Waals surface area contributed by atoms with Gasteiger partial charge in [-0.2, -0.15) is 0 Å². The second kappa shape index (κ2) is 12.7. The summed E-state index contributed by atoms with van der Waals surface area (Å²) in [5.41, 5.74) is 14.4. The molecule has 9 aromatic carbocycles. The molecule has 0 fully saturated rings. The molecule has 3 aromatic heterocycles. The van der Waals surface area contributed by atoms with Crippen LogP contribution in [0.25, 0.3) is 109 Å². The molecule has 2 nitrogen and oxygen atoms in total. The van der Waals surface area contributed by atoms with Gasteiger partial charge in [-0.25, -0.2) is 0 Å². The molecule has 0 aliphatic heterocycles. The normalized spacial score (nSPS) is 11.9. The lowest BCUT2D eigenvalue weighted by Crippen LogP contribution is -1.94. The minimum absolute atomic E-state index is 1.16. The molecule has 0 aliphatic rings. The molecule has 3 heteroatoms. The number of hydrogen-bond donors (Lipinski definition) is 0. The van der Waals surface area contributed by atoms with Gasteiger partial charge in [0.15, 0.2) is 0 Å². The molecule has 0 saturated carbocycles. The van der Waals surface area contributed by atoms with E-state index in [-0.39, 0.29) is 0 Å². The molecule has 0 saturated heterocycles. The van der Waals surface area contributed by atoms with E-state index in [1.54, 1.807) is 0 Å². The average Bonchev–Trinajstić information content (AvgIpc) is 3.94. The lowest BCUT2D eigenvalue weighted by atomic mass is 10.00. The largest absolute Gasteiger partial charge is 0.309 e. The van der Waals surface area contributed by atoms with Crippen LogP contribution in [-0.4, -0.2) is 9.13 Å². The number of aromatic nitrogens is 2. The van der Waals surface area contributed by atoms with E-state index in [4.69, 9.17) is 0 Å². The molecule has 0 N–H and O–H groups in total. The van der Waals surface area contributed by atoms with E-state index in [1.165, 1.54) is 97.2 Å². The van der Waals surface area contributed by atoms with Gasteiger partial charge in [0.2, 0.25) is 0 Å². The van der Waals surface area contributed by atoms with E-state index in [0.717, 1.165) is 11.4 Å². The van der Waals surface area contributed by atoms with Gasteiger partial charge in [-0.05, 0) is 100 Å². The predicted octanol–water partition coefficient (Wildman–Crippen LogP) is 15.2. The van der Waals surface area contributed by atoms with Crippen LogP contribution in [0.2, 0.25) is 0 Å². The quantitative estimate of drug-likeness (QED) is 0.166. The van der Waals surface area contributed by atoms with E-state index >= 15 is 0 Å². The van der Waals surface area contributed by atoms with Crippen molar-refractivity contribution in [2.75, 3.05) is 0 Å². The van der Waals surface area contributed by atoms with Gasteiger partial charge in [0, 0.05) is 53.1 Å². The number of rotatable bonds is 5. The summed E-state index contributed by atoms with van der Waals surface area (Å²) in [5, 5.41) is 7.72. The third-order valence-corrected chi connectivity index (χ3v) is 12.9. The second-order valence-electron chi connectivity index (χ2n) is 14.9. The Hall–Kier alpha value is -7.20. The van der Waals surface area contributed by atoms with Crippen LogP contribution in [0.3, 0.4) is 0 Å². The van der Waals surface area contributed by atoms with Gasteiger partial charge >= 0.3 is 0 Å². The zero-order valence-corrected chi connectivity index (χ0v) is 31.7. The first-order chi connectivity index (χ1) is 28.3. The Balaban J connectivity index is 1.07. The van der Waals surface area contributed by atoms with Gasteiger partial charge in [0.1, 0.15) is 0 Å². The SMILES string of the molecule is c1ccc(-c2cccc(-n3c4ccccc4c4cc(-c5ccc6c(c5)c5c7sc8ccccc8c7ccc5n6-c5cccc(-c6ccccc6)c5)ccc43)c2)cc1. The second-order valence-corrected chi connectivity index (χ2v) is 16.0. The highest BCUT2D eigenvalue weighted by Gasteiger charge is 2.20. The fourth-order valence-electron chi connectivity index (χ4n) is 9.08. The summed E-state index contributed by atoms with van der Waals surface area (Å²) in [7, 11) is 0. The third kappa shape index (κ3) is 5.03. The van der Waals surface area contributed by atoms with Crippen molar-refractivity contribution >= 4 is 75.1 Å². The molecule has 57 heavy (non-hydrogen) atoms. The number of para-hydroxylation sites is 1. The molecule has 0 amide bonds. The van der Waals surface area contributed by atoms with Crippen LogP contribution in [0.1, 0.15) is 0 Å². The highest BCUT2D eigenvalue weighted by molar-refractivity contribution is 7.26. The predicted molar refractivity (Wildman–Crippen MR) is 244 cm³/mol. The van der Waals surface area contributed by atoms with Gasteiger partial charge in [0.05, 0.1) is 22.1 Å². The molecule has 0 unspecified atom stereocenters. The van der Waals surface area contributed by atoms with Gasteiger partial charge in [0.25, 0.3) is 0 Å². The lowest BCUT2D eigenvalue weighted by Gasteiger charge is -2.11. The maximum atomic E-state index is 2.46. The zero-order valence-electron chi connectivity index (χ0n) is 30.9. The molecule has 0 spiro atoms. The van der Waals surface area contributed by atoms with Crippen molar-refractivity contribution in [3.8, 4) is 44.8 Å². The Morgan fingerprint density at radius 1 is 0.281 bits per heavy atom. The first-order valence-corrected chi connectivity index (χ1v) is 20.3. The van der Waals surface area contributed by atoms with Crippen LogP contribution in [0.15, 0.2) is 206 Å². The average molecular weight is 743 g/mol. The van der Waals surface area contributed by atoms with Gasteiger partial charge in [-0.3, -0.25) is 0 Å². The fourth-order valence-corrected chi connectivity index (χ4v) is 10.3. The summed E-state index contributed by atoms with van der Waals surface area (Å²) in [6.45, 7) is 0. The molecule has 0 atom stereocenters. The molecule has 3 heterocycles. The van der Waals surface area contributed by atoms with Crippen molar-refractivity contribution in [1.82, 2.24) is 9.13 Å². The summed E-state index contributed by atoms with van der Waals surface area (Å²) in [4.78, 5) is 0. The van der Waals surface area contributed by atoms with Crippen LogP contribution < -0.4 is 0 Å². The molecule has 12 rings (SSSR count). The van der Waals surface area contributed by atoms with Crippen molar-refractivity contribution in [2.24, 2.45) is 0 Å². The Kier molecular flexibility index (Phi) is 7.13. The van der Waals surface area contributed by atoms with Gasteiger partial charge < -0.3 is 9.13 Å². The van der Waals surface area contributed by atoms with Crippen molar-refractivity contribution in [1.29, 1.82) is 0 Å². The van der Waals surface area contributed by atoms with Crippen molar-refractivity contribution in [3.63, 3.8) is 0 Å². The van der Waals surface area contributed by atoms with E-state index in [0.29, 0.717) is 0 Å². The molecular formula is C54H34N2S. The maximum Gasteiger partial charge on any atom is 0.0555 e. The first-order valence-electron chi connectivity index (χ1n) is 19.5. The van der Waals surface area contributed by atoms with Crippen LogP contribution in [0, 0.1) is 0 Å². The van der Waals surface area contributed by atoms with Crippen molar-refractivity contribution < 1.29 is 0 Å². The topological polar surface area (TPSA) is 9.86 Å². The Morgan fingerprint density at radius 2 is 0.772 bits per heavy atom. The summed E-state index contributed by atoms with van der Waals surface area (Å²) in [5.74, 6) is 0. The Bertz CT molecular complexity index is 3510. The number of hydrogen-bond acceptors (Lipinski definition) is 1. The van der Waals surface area contributed by atoms with Crippen molar-refractivity contribution in [2.45, 2.75) is 0 Å². The molecular weight excluding hydrogens is 709 g/mol. The maximum absolute atomic E-state index is 2.46. The number of fused-ring (bicyclic) bond motifs is 10. The zero-order chi connectivity index (χ0) is 37.5. The highest BCUT2D eigenvalue weighted by atomic mass is 32.1. The van der Waals surface area contributed by atoms with Crippen molar-refractivity contribution in [3.05, 3.63) is 206 Å². The van der Waals surface area contributed by atoms with Crippen LogP contribution in [0.4, 0.5) is 0 Å². The summed E-state index contributed by atoms with van der Waals surface area (Å²) >= 11 is 1.90. The Morgan fingerprint density at radius 3 is 1.46 bits per heavy atom. The highest BCUT2D eigenvalue weighted by Crippen LogP contribution is 2.45. The van der Waals surface area contributed by atoms with Gasteiger partial charge in [-0.15, -0.1) is 11.3 Å². The summed E-state index contributed by atoms with van der Waals surface area (Å²) < 4.78 is 7.54. The summed E-state index contributed by atoms with van der Waals surface area (Å²) in [6, 6.07) is 75.6. The standard InChI is InChI=1S/C54H34N2S/c1-3-13-35(14-4-1)37-17-11-19-41(31-37)55-48-23-9-7-21-43(48)46-33-39(25-28-49(46)55)40-26-29-50-47(34-40)53-51(30-27-45-44-22-8-10-24-52(44)57-54(45)53)56(50)42-20-12-18-38(32-42)36-15-5-2-6-16-36/h1-34H. The fraction of sp³-hybridized carbons (Fsp3) is 0. The lowest BCUT2D eigenvalue weighted by molar-refractivity contribution is 1.18. The number of nitrogens with zero attached hydrogens (tertiary/aromatic N) is 2. The first kappa shape index (κ1) is 32.1. The van der Waals surface area contributed by atoms with E-state index < -0.39 is 0 Å². The van der Waals surface area contributed by atoms with Gasteiger partial charge in [-0.1, -0.05) is 140 Å². The molecule has 0 bridgehead atoms. The monoisotopic (exact) mass is 742 g/mol. The van der Waals surface area contributed by atoms with Crippen LogP contribution >= 0.6 is 11.3 Å². The minimum atomic E-state index is 1.16. The number of benzene rings is 9.